The molecule has 6 aliphatic rings. The van der Waals surface area contributed by atoms with Crippen LogP contribution in [-0.2, 0) is 25.5 Å². The monoisotopic (exact) mass is 742 g/mol. The average molecular weight is 743 g/mol. The number of cyclic esters (lactones) is 1. The van der Waals surface area contributed by atoms with Gasteiger partial charge in [-0.05, 0) is 112 Å². The standard InChI is InChI=1S/C47H66O7/c1-33(14-12-17-34-15-6-4-7-16-34)20-21-38(48)47-39(49)23-28-44(3,36-18-8-9-19-36)41(47)37-31-43(2,46(47,52)29-22-35-30-40(50)53-32-35)24-13-27-45(42(51)54-37)25-10-5-11-26-45/h4,6-7,15-16,30,33,36-39,41,48-49,52H,5,8-12,14,17-23,25-29,31-32H2,1-3H3/t33-,37+,38+,39-,41?,43+,44+,46-,47+/m1/s1. The Bertz CT molecular complexity index is 1600. The highest BCUT2D eigenvalue weighted by atomic mass is 16.5. The highest BCUT2D eigenvalue weighted by Crippen LogP contribution is 2.72. The molecule has 0 radical (unpaired) electrons. The topological polar surface area (TPSA) is 113 Å². The van der Waals surface area contributed by atoms with Crippen LogP contribution < -0.4 is 0 Å². The van der Waals surface area contributed by atoms with E-state index in [-0.39, 0.29) is 30.4 Å². The molecule has 3 N–H and O–H groups in total. The van der Waals surface area contributed by atoms with Crippen molar-refractivity contribution in [3.05, 3.63) is 47.5 Å². The zero-order valence-electron chi connectivity index (χ0n) is 33.3. The normalized spacial score (nSPS) is 37.4. The molecule has 1 unspecified atom stereocenters. The molecule has 4 aliphatic carbocycles. The lowest BCUT2D eigenvalue weighted by atomic mass is 9.35. The zero-order valence-corrected chi connectivity index (χ0v) is 33.3. The summed E-state index contributed by atoms with van der Waals surface area (Å²) in [4.78, 5) is 26.8. The summed E-state index contributed by atoms with van der Waals surface area (Å²) in [7, 11) is 0. The maximum Gasteiger partial charge on any atom is 0.331 e. The minimum absolute atomic E-state index is 0.174. The number of carbonyl (C=O) groups is 2. The zero-order chi connectivity index (χ0) is 38.2. The van der Waals surface area contributed by atoms with Crippen molar-refractivity contribution < 1.29 is 34.4 Å². The van der Waals surface area contributed by atoms with Gasteiger partial charge in [0.1, 0.15) is 12.7 Å². The van der Waals surface area contributed by atoms with Crippen LogP contribution in [0.3, 0.4) is 0 Å². The molecule has 2 heterocycles. The van der Waals surface area contributed by atoms with Gasteiger partial charge in [0, 0.05) is 24.8 Å². The van der Waals surface area contributed by atoms with Crippen LogP contribution in [-0.4, -0.2) is 57.8 Å². The molecule has 4 fully saturated rings. The first-order chi connectivity index (χ1) is 25.9. The Labute approximate surface area is 324 Å². The van der Waals surface area contributed by atoms with Crippen molar-refractivity contribution in [1.29, 1.82) is 0 Å². The summed E-state index contributed by atoms with van der Waals surface area (Å²) in [5.74, 6) is 6.71. The summed E-state index contributed by atoms with van der Waals surface area (Å²) in [6.07, 6.45) is 14.5. The van der Waals surface area contributed by atoms with Gasteiger partial charge in [0.05, 0.1) is 34.1 Å². The number of benzene rings is 1. The summed E-state index contributed by atoms with van der Waals surface area (Å²) >= 11 is 0. The molecule has 7 nitrogen and oxygen atoms in total. The van der Waals surface area contributed by atoms with Crippen molar-refractivity contribution in [1.82, 2.24) is 0 Å². The molecular formula is C47H66O7. The molecule has 1 aromatic carbocycles. The van der Waals surface area contributed by atoms with Crippen molar-refractivity contribution in [2.24, 2.45) is 39.4 Å². The first kappa shape index (κ1) is 39.6. The van der Waals surface area contributed by atoms with E-state index < -0.39 is 46.1 Å². The second-order valence-electron chi connectivity index (χ2n) is 19.1. The van der Waals surface area contributed by atoms with Crippen LogP contribution in [0.2, 0.25) is 0 Å². The molecule has 296 valence electrons. The Morgan fingerprint density at radius 1 is 0.926 bits per heavy atom. The number of rotatable bonds is 12. The van der Waals surface area contributed by atoms with E-state index in [1.807, 2.05) is 13.0 Å². The van der Waals surface area contributed by atoms with E-state index in [2.05, 4.69) is 50.0 Å². The third-order valence-electron chi connectivity index (χ3n) is 15.9. The molecular weight excluding hydrogens is 677 g/mol. The first-order valence-electron chi connectivity index (χ1n) is 21.6. The van der Waals surface area contributed by atoms with Crippen LogP contribution in [0, 0.1) is 51.3 Å². The van der Waals surface area contributed by atoms with Crippen LogP contribution in [0.25, 0.3) is 0 Å². The number of hydrogen-bond donors (Lipinski definition) is 3. The van der Waals surface area contributed by atoms with Gasteiger partial charge in [-0.2, -0.15) is 0 Å². The smallest absolute Gasteiger partial charge is 0.331 e. The van der Waals surface area contributed by atoms with Crippen LogP contribution in [0.4, 0.5) is 0 Å². The number of hydrogen-bond acceptors (Lipinski definition) is 7. The Kier molecular flexibility index (Phi) is 11.5. The summed E-state index contributed by atoms with van der Waals surface area (Å²) in [5, 5.41) is 40.0. The number of esters is 2. The van der Waals surface area contributed by atoms with E-state index >= 15 is 0 Å². The summed E-state index contributed by atoms with van der Waals surface area (Å²) in [6, 6.07) is 10.5. The molecule has 54 heavy (non-hydrogen) atoms. The summed E-state index contributed by atoms with van der Waals surface area (Å²) < 4.78 is 12.2. The molecule has 1 spiro atoms. The Hall–Kier alpha value is -2.66. The van der Waals surface area contributed by atoms with E-state index in [0.29, 0.717) is 43.9 Å². The predicted molar refractivity (Wildman–Crippen MR) is 209 cm³/mol. The molecule has 0 aromatic heterocycles. The van der Waals surface area contributed by atoms with Crippen molar-refractivity contribution >= 4 is 11.9 Å². The second-order valence-corrected chi connectivity index (χ2v) is 19.1. The average Bonchev–Trinajstić information content (AvgIpc) is 3.87. The summed E-state index contributed by atoms with van der Waals surface area (Å²) in [6.45, 7) is 6.75. The van der Waals surface area contributed by atoms with Gasteiger partial charge in [0.2, 0.25) is 0 Å². The van der Waals surface area contributed by atoms with Gasteiger partial charge in [-0.3, -0.25) is 4.79 Å². The Balaban J connectivity index is 1.31. The lowest BCUT2D eigenvalue weighted by molar-refractivity contribution is -0.338. The number of aliphatic hydroxyl groups excluding tert-OH is 2. The van der Waals surface area contributed by atoms with Crippen molar-refractivity contribution in [2.45, 2.75) is 173 Å². The molecule has 9 atom stereocenters. The third kappa shape index (κ3) is 6.89. The molecule has 0 amide bonds. The van der Waals surface area contributed by atoms with Crippen molar-refractivity contribution in [3.63, 3.8) is 0 Å². The van der Waals surface area contributed by atoms with Gasteiger partial charge in [0.15, 0.2) is 0 Å². The maximum atomic E-state index is 14.6. The van der Waals surface area contributed by atoms with Crippen molar-refractivity contribution in [2.75, 3.05) is 6.61 Å². The predicted octanol–water partition coefficient (Wildman–Crippen LogP) is 8.41. The largest absolute Gasteiger partial charge is 0.462 e. The lowest BCUT2D eigenvalue weighted by Crippen LogP contribution is -2.79. The molecule has 7 heteroatoms. The van der Waals surface area contributed by atoms with Gasteiger partial charge in [-0.25, -0.2) is 4.79 Å². The van der Waals surface area contributed by atoms with Gasteiger partial charge < -0.3 is 24.8 Å². The minimum atomic E-state index is -1.66. The molecule has 2 aliphatic heterocycles. The SMILES string of the molecule is C[C@H](CCCc1ccccc1)CC[C@H](O)[C@]12C([C@@H]3C[C@](C)(C#CCC4(CCCCC4)C(=O)O3)[C@]1(O)CCC1=CC(=O)OC1)[C@](C)(C1CCCC1)CC[C@H]2O. The third-order valence-corrected chi connectivity index (χ3v) is 15.9. The number of aliphatic hydroxyl groups is 3. The number of ether oxygens (including phenoxy) is 2. The highest BCUT2D eigenvalue weighted by Gasteiger charge is 2.78. The summed E-state index contributed by atoms with van der Waals surface area (Å²) in [5.41, 5.74) is -3.11. The molecule has 7 rings (SSSR count). The fraction of sp³-hybridized carbons (Fsp3) is 0.745. The van der Waals surface area contributed by atoms with E-state index in [4.69, 9.17) is 9.47 Å². The minimum Gasteiger partial charge on any atom is -0.462 e. The molecule has 0 saturated heterocycles. The van der Waals surface area contributed by atoms with Gasteiger partial charge in [0.25, 0.3) is 0 Å². The number of aryl methyl sites for hydroxylation is 1. The van der Waals surface area contributed by atoms with E-state index in [0.717, 1.165) is 95.5 Å². The first-order valence-corrected chi connectivity index (χ1v) is 21.6. The fourth-order valence-corrected chi connectivity index (χ4v) is 12.9. The van der Waals surface area contributed by atoms with E-state index in [1.54, 1.807) is 0 Å². The Morgan fingerprint density at radius 2 is 1.67 bits per heavy atom. The van der Waals surface area contributed by atoms with Gasteiger partial charge in [-0.1, -0.05) is 88.6 Å². The van der Waals surface area contributed by atoms with E-state index in [1.165, 1.54) is 11.6 Å². The van der Waals surface area contributed by atoms with Crippen LogP contribution in [0.1, 0.15) is 148 Å². The van der Waals surface area contributed by atoms with Gasteiger partial charge >= 0.3 is 11.9 Å². The number of carbonyl (C=O) groups excluding carboxylic acids is 2. The maximum absolute atomic E-state index is 14.6. The van der Waals surface area contributed by atoms with Crippen LogP contribution in [0.15, 0.2) is 42.0 Å². The molecule has 4 saturated carbocycles. The quantitative estimate of drug-likeness (QED) is 0.146. The fourth-order valence-electron chi connectivity index (χ4n) is 12.9. The Morgan fingerprint density at radius 3 is 2.37 bits per heavy atom. The molecule has 1 aromatic rings. The van der Waals surface area contributed by atoms with E-state index in [9.17, 15) is 24.9 Å². The van der Waals surface area contributed by atoms with Crippen LogP contribution >= 0.6 is 0 Å². The van der Waals surface area contributed by atoms with Gasteiger partial charge in [-0.15, -0.1) is 5.92 Å². The molecule has 2 bridgehead atoms. The highest BCUT2D eigenvalue weighted by molar-refractivity contribution is 5.85. The van der Waals surface area contributed by atoms with Crippen LogP contribution in [0.5, 0.6) is 0 Å². The lowest BCUT2D eigenvalue weighted by Gasteiger charge is -2.71. The van der Waals surface area contributed by atoms with Crippen molar-refractivity contribution in [3.8, 4) is 11.8 Å². The second kappa shape index (κ2) is 15.7. The number of fused-ring (bicyclic) bond motifs is 4.